The Hall–Kier alpha value is -2.66. The average molecular weight is 308 g/mol. The summed E-state index contributed by atoms with van der Waals surface area (Å²) in [5.41, 5.74) is 2.66. The van der Waals surface area contributed by atoms with Gasteiger partial charge in [-0.15, -0.1) is 11.3 Å². The second-order valence-electron chi connectivity index (χ2n) is 5.04. The van der Waals surface area contributed by atoms with E-state index in [1.807, 2.05) is 48.7 Å². The van der Waals surface area contributed by atoms with Gasteiger partial charge in [0.05, 0.1) is 11.6 Å². The first-order chi connectivity index (χ1) is 10.7. The van der Waals surface area contributed by atoms with E-state index < -0.39 is 0 Å². The third-order valence-electron chi connectivity index (χ3n) is 3.63. The van der Waals surface area contributed by atoms with E-state index in [0.717, 1.165) is 16.7 Å². The first kappa shape index (κ1) is 13.0. The molecule has 4 aromatic rings. The number of fused-ring (bicyclic) bond motifs is 1. The molecule has 5 heteroatoms. The highest BCUT2D eigenvalue weighted by molar-refractivity contribution is 7.17. The number of nitrogens with one attached hydrogen (secondary N) is 1. The van der Waals surface area contributed by atoms with Gasteiger partial charge < -0.3 is 9.40 Å². The minimum absolute atomic E-state index is 0.143. The largest absolute Gasteiger partial charge is 0.464 e. The Morgan fingerprint density at radius 3 is 2.77 bits per heavy atom. The van der Waals surface area contributed by atoms with Crippen molar-refractivity contribution in [3.63, 3.8) is 0 Å². The predicted molar refractivity (Wildman–Crippen MR) is 88.1 cm³/mol. The maximum Gasteiger partial charge on any atom is 0.260 e. The molecule has 0 amide bonds. The highest BCUT2D eigenvalue weighted by Gasteiger charge is 2.15. The van der Waals surface area contributed by atoms with E-state index in [1.165, 1.54) is 11.3 Å². The van der Waals surface area contributed by atoms with Gasteiger partial charge in [0.1, 0.15) is 16.4 Å². The van der Waals surface area contributed by atoms with Gasteiger partial charge in [-0.2, -0.15) is 0 Å². The molecule has 4 rings (SSSR count). The molecule has 0 radical (unpaired) electrons. The van der Waals surface area contributed by atoms with Gasteiger partial charge in [0, 0.05) is 16.5 Å². The summed E-state index contributed by atoms with van der Waals surface area (Å²) in [5.74, 6) is 1.28. The van der Waals surface area contributed by atoms with Crippen molar-refractivity contribution in [2.75, 3.05) is 0 Å². The number of benzene rings is 1. The minimum Gasteiger partial charge on any atom is -0.464 e. The van der Waals surface area contributed by atoms with Gasteiger partial charge >= 0.3 is 0 Å². The number of rotatable bonds is 2. The van der Waals surface area contributed by atoms with E-state index in [4.69, 9.17) is 4.42 Å². The molecule has 0 aliphatic heterocycles. The summed E-state index contributed by atoms with van der Waals surface area (Å²) in [5, 5.41) is 2.49. The van der Waals surface area contributed by atoms with Crippen LogP contribution in [0.3, 0.4) is 0 Å². The molecule has 0 aliphatic rings. The van der Waals surface area contributed by atoms with Crippen LogP contribution in [0.15, 0.2) is 57.3 Å². The maximum absolute atomic E-state index is 12.5. The highest BCUT2D eigenvalue weighted by atomic mass is 32.1. The Kier molecular flexibility index (Phi) is 2.94. The van der Waals surface area contributed by atoms with Crippen LogP contribution in [0.5, 0.6) is 0 Å². The number of thiophene rings is 1. The van der Waals surface area contributed by atoms with Gasteiger partial charge in [0.25, 0.3) is 5.56 Å². The molecule has 4 nitrogen and oxygen atoms in total. The van der Waals surface area contributed by atoms with Crippen LogP contribution < -0.4 is 5.56 Å². The van der Waals surface area contributed by atoms with E-state index in [9.17, 15) is 4.79 Å². The van der Waals surface area contributed by atoms with Crippen molar-refractivity contribution in [2.24, 2.45) is 0 Å². The number of nitrogens with zero attached hydrogens (tertiary/aromatic N) is 1. The SMILES string of the molecule is Cc1ccccc1-c1nc2scc(-c3ccco3)c2c(=O)[nH]1. The van der Waals surface area contributed by atoms with E-state index >= 15 is 0 Å². The molecular formula is C17H12N2O2S. The Morgan fingerprint density at radius 1 is 1.14 bits per heavy atom. The summed E-state index contributed by atoms with van der Waals surface area (Å²) in [7, 11) is 0. The lowest BCUT2D eigenvalue weighted by Crippen LogP contribution is -2.09. The quantitative estimate of drug-likeness (QED) is 0.603. The smallest absolute Gasteiger partial charge is 0.260 e. The maximum atomic E-state index is 12.5. The lowest BCUT2D eigenvalue weighted by molar-refractivity contribution is 0.583. The highest BCUT2D eigenvalue weighted by Crippen LogP contribution is 2.32. The van der Waals surface area contributed by atoms with Crippen LogP contribution in [0.1, 0.15) is 5.56 Å². The molecule has 22 heavy (non-hydrogen) atoms. The van der Waals surface area contributed by atoms with Gasteiger partial charge in [-0.3, -0.25) is 4.79 Å². The Balaban J connectivity index is 1.97. The lowest BCUT2D eigenvalue weighted by Gasteiger charge is -2.04. The van der Waals surface area contributed by atoms with Crippen molar-refractivity contribution < 1.29 is 4.42 Å². The number of hydrogen-bond donors (Lipinski definition) is 1. The zero-order chi connectivity index (χ0) is 15.1. The fraction of sp³-hybridized carbons (Fsp3) is 0.0588. The van der Waals surface area contributed by atoms with Crippen LogP contribution in [-0.2, 0) is 0 Å². The van der Waals surface area contributed by atoms with Crippen LogP contribution >= 0.6 is 11.3 Å². The Bertz CT molecular complexity index is 1010. The molecule has 0 fully saturated rings. The zero-order valence-corrected chi connectivity index (χ0v) is 12.6. The molecule has 0 unspecified atom stereocenters. The first-order valence-corrected chi connectivity index (χ1v) is 7.73. The van der Waals surface area contributed by atoms with Crippen molar-refractivity contribution in [3.05, 3.63) is 64.0 Å². The number of aromatic amines is 1. The van der Waals surface area contributed by atoms with Crippen molar-refractivity contribution >= 4 is 21.6 Å². The molecule has 0 saturated carbocycles. The van der Waals surface area contributed by atoms with Crippen LogP contribution in [0.25, 0.3) is 32.9 Å². The summed E-state index contributed by atoms with van der Waals surface area (Å²) < 4.78 is 5.40. The topological polar surface area (TPSA) is 58.9 Å². The number of aromatic nitrogens is 2. The minimum atomic E-state index is -0.143. The molecule has 0 saturated heterocycles. The van der Waals surface area contributed by atoms with E-state index in [0.29, 0.717) is 21.8 Å². The van der Waals surface area contributed by atoms with Crippen LogP contribution in [0.4, 0.5) is 0 Å². The molecule has 0 bridgehead atoms. The van der Waals surface area contributed by atoms with Crippen molar-refractivity contribution in [1.82, 2.24) is 9.97 Å². The van der Waals surface area contributed by atoms with Gasteiger partial charge in [0.2, 0.25) is 0 Å². The predicted octanol–water partition coefficient (Wildman–Crippen LogP) is 4.22. The molecule has 3 heterocycles. The summed E-state index contributed by atoms with van der Waals surface area (Å²) in [6.45, 7) is 2.00. The van der Waals surface area contributed by atoms with Crippen molar-refractivity contribution in [3.8, 4) is 22.7 Å². The van der Waals surface area contributed by atoms with Gasteiger partial charge in [-0.1, -0.05) is 24.3 Å². The fourth-order valence-corrected chi connectivity index (χ4v) is 3.46. The third kappa shape index (κ3) is 1.98. The van der Waals surface area contributed by atoms with Gasteiger partial charge in [-0.05, 0) is 24.6 Å². The second kappa shape index (κ2) is 4.96. The standard InChI is InChI=1S/C17H12N2O2S/c1-10-5-2-3-6-11(10)15-18-16(20)14-12(9-22-17(14)19-15)13-7-4-8-21-13/h2-9H,1H3,(H,18,19,20). The molecule has 3 aromatic heterocycles. The van der Waals surface area contributed by atoms with Crippen molar-refractivity contribution in [1.29, 1.82) is 0 Å². The molecule has 1 N–H and O–H groups in total. The number of furan rings is 1. The fourth-order valence-electron chi connectivity index (χ4n) is 2.53. The first-order valence-electron chi connectivity index (χ1n) is 6.85. The van der Waals surface area contributed by atoms with Crippen LogP contribution in [-0.4, -0.2) is 9.97 Å². The van der Waals surface area contributed by atoms with E-state index in [2.05, 4.69) is 9.97 Å². The number of hydrogen-bond acceptors (Lipinski definition) is 4. The summed E-state index contributed by atoms with van der Waals surface area (Å²) >= 11 is 1.45. The summed E-state index contributed by atoms with van der Waals surface area (Å²) in [6.07, 6.45) is 1.60. The Morgan fingerprint density at radius 2 is 2.00 bits per heavy atom. The molecule has 0 spiro atoms. The molecule has 0 atom stereocenters. The summed E-state index contributed by atoms with van der Waals surface area (Å²) in [6, 6.07) is 11.5. The molecule has 0 aliphatic carbocycles. The van der Waals surface area contributed by atoms with Gasteiger partial charge in [0.15, 0.2) is 0 Å². The van der Waals surface area contributed by atoms with Crippen LogP contribution in [0.2, 0.25) is 0 Å². The van der Waals surface area contributed by atoms with Gasteiger partial charge in [-0.25, -0.2) is 4.98 Å². The average Bonchev–Trinajstić information content (AvgIpc) is 3.16. The number of aryl methyl sites for hydroxylation is 1. The molecule has 108 valence electrons. The monoisotopic (exact) mass is 308 g/mol. The summed E-state index contributed by atoms with van der Waals surface area (Å²) in [4.78, 5) is 20.8. The number of H-pyrrole nitrogens is 1. The third-order valence-corrected chi connectivity index (χ3v) is 4.50. The van der Waals surface area contributed by atoms with Crippen molar-refractivity contribution in [2.45, 2.75) is 6.92 Å². The molecular weight excluding hydrogens is 296 g/mol. The Labute approximate surface area is 130 Å². The molecule has 1 aromatic carbocycles. The van der Waals surface area contributed by atoms with E-state index in [1.54, 1.807) is 6.26 Å². The second-order valence-corrected chi connectivity index (χ2v) is 5.89. The van der Waals surface area contributed by atoms with E-state index in [-0.39, 0.29) is 5.56 Å². The normalized spacial score (nSPS) is 11.1. The lowest BCUT2D eigenvalue weighted by atomic mass is 10.1. The zero-order valence-electron chi connectivity index (χ0n) is 11.8. The van der Waals surface area contributed by atoms with Crippen LogP contribution in [0, 0.1) is 6.92 Å².